The van der Waals surface area contributed by atoms with Gasteiger partial charge in [-0.05, 0) is 27.8 Å². The van der Waals surface area contributed by atoms with Gasteiger partial charge in [-0.15, -0.1) is 0 Å². The maximum Gasteiger partial charge on any atom is 0.293 e. The minimum Gasteiger partial charge on any atom is -0.467 e. The van der Waals surface area contributed by atoms with E-state index in [9.17, 15) is 9.59 Å². The summed E-state index contributed by atoms with van der Waals surface area (Å²) in [5, 5.41) is 0. The summed E-state index contributed by atoms with van der Waals surface area (Å²) in [6, 6.07) is 26.1. The van der Waals surface area contributed by atoms with Crippen LogP contribution in [-0.2, 0) is 25.7 Å². The molecule has 4 heteroatoms. The Labute approximate surface area is 158 Å². The van der Waals surface area contributed by atoms with E-state index < -0.39 is 0 Å². The summed E-state index contributed by atoms with van der Waals surface area (Å²) in [4.78, 5) is 20.1. The third-order valence-electron chi connectivity index (χ3n) is 4.45. The van der Waals surface area contributed by atoms with E-state index in [0.29, 0.717) is 26.2 Å². The highest BCUT2D eigenvalue weighted by atomic mass is 16.5. The second-order valence-corrected chi connectivity index (χ2v) is 6.05. The van der Waals surface area contributed by atoms with Crippen LogP contribution in [0.1, 0.15) is 22.6 Å². The number of benzene rings is 3. The van der Waals surface area contributed by atoms with Gasteiger partial charge in [0.15, 0.2) is 0 Å². The Bertz CT molecular complexity index is 844. The lowest BCUT2D eigenvalue weighted by atomic mass is 9.98. The molecule has 0 aromatic heterocycles. The highest BCUT2D eigenvalue weighted by Crippen LogP contribution is 2.44. The van der Waals surface area contributed by atoms with Gasteiger partial charge in [-0.25, -0.2) is 0 Å². The van der Waals surface area contributed by atoms with E-state index in [2.05, 4.69) is 29.0 Å². The Kier molecular flexibility index (Phi) is 6.36. The van der Waals surface area contributed by atoms with Gasteiger partial charge in [0.2, 0.25) is 0 Å². The zero-order valence-corrected chi connectivity index (χ0v) is 14.8. The summed E-state index contributed by atoms with van der Waals surface area (Å²) < 4.78 is 9.49. The van der Waals surface area contributed by atoms with Crippen molar-refractivity contribution in [1.29, 1.82) is 0 Å². The van der Waals surface area contributed by atoms with E-state index in [1.165, 1.54) is 22.3 Å². The molecular weight excluding hydrogens is 340 g/mol. The first-order valence-electron chi connectivity index (χ1n) is 8.67. The van der Waals surface area contributed by atoms with Crippen LogP contribution in [0.2, 0.25) is 0 Å². The molecule has 0 saturated heterocycles. The molecule has 3 aromatic carbocycles. The molecule has 0 unspecified atom stereocenters. The monoisotopic (exact) mass is 360 g/mol. The third-order valence-corrected chi connectivity index (χ3v) is 4.45. The molecule has 0 N–H and O–H groups in total. The van der Waals surface area contributed by atoms with Crippen LogP contribution in [0, 0.1) is 0 Å². The van der Waals surface area contributed by atoms with Crippen LogP contribution in [0.3, 0.4) is 0 Å². The SMILES string of the molecule is O=COCC1c2ccccc2-c2ccccc21.O=COCc1ccccc1. The van der Waals surface area contributed by atoms with Gasteiger partial charge in [-0.1, -0.05) is 78.9 Å². The summed E-state index contributed by atoms with van der Waals surface area (Å²) in [6.45, 7) is 1.75. The van der Waals surface area contributed by atoms with E-state index in [-0.39, 0.29) is 5.92 Å². The van der Waals surface area contributed by atoms with Crippen molar-refractivity contribution >= 4 is 12.9 Å². The zero-order valence-electron chi connectivity index (χ0n) is 14.8. The summed E-state index contributed by atoms with van der Waals surface area (Å²) >= 11 is 0. The van der Waals surface area contributed by atoms with Gasteiger partial charge in [0.25, 0.3) is 12.9 Å². The predicted molar refractivity (Wildman–Crippen MR) is 103 cm³/mol. The molecule has 0 spiro atoms. The van der Waals surface area contributed by atoms with Gasteiger partial charge in [0.05, 0.1) is 0 Å². The van der Waals surface area contributed by atoms with Crippen molar-refractivity contribution in [3.05, 3.63) is 95.6 Å². The normalized spacial score (nSPS) is 11.4. The molecule has 0 heterocycles. The molecule has 0 aliphatic heterocycles. The lowest BCUT2D eigenvalue weighted by Gasteiger charge is -2.11. The third kappa shape index (κ3) is 4.42. The highest BCUT2D eigenvalue weighted by molar-refractivity contribution is 5.78. The van der Waals surface area contributed by atoms with Crippen LogP contribution in [0.5, 0.6) is 0 Å². The average Bonchev–Trinajstić information content (AvgIpc) is 3.06. The van der Waals surface area contributed by atoms with Gasteiger partial charge in [0.1, 0.15) is 13.2 Å². The number of fused-ring (bicyclic) bond motifs is 3. The van der Waals surface area contributed by atoms with Crippen molar-refractivity contribution in [3.63, 3.8) is 0 Å². The number of carbonyl (C=O) groups is 2. The largest absolute Gasteiger partial charge is 0.467 e. The zero-order chi connectivity index (χ0) is 18.9. The minimum atomic E-state index is 0.174. The van der Waals surface area contributed by atoms with Crippen molar-refractivity contribution in [2.24, 2.45) is 0 Å². The van der Waals surface area contributed by atoms with Crippen LogP contribution in [0.4, 0.5) is 0 Å². The second-order valence-electron chi connectivity index (χ2n) is 6.05. The average molecular weight is 360 g/mol. The first-order valence-corrected chi connectivity index (χ1v) is 8.67. The number of hydrogen-bond acceptors (Lipinski definition) is 4. The van der Waals surface area contributed by atoms with Crippen molar-refractivity contribution in [2.45, 2.75) is 12.5 Å². The standard InChI is InChI=1S/C15H12O2.C8H8O2/c16-10-17-9-15-13-7-3-1-5-11(13)12-6-2-4-8-14(12)15;9-7-10-6-8-4-2-1-3-5-8/h1-8,10,15H,9H2;1-5,7H,6H2. The molecule has 27 heavy (non-hydrogen) atoms. The summed E-state index contributed by atoms with van der Waals surface area (Å²) in [5.74, 6) is 0.174. The fraction of sp³-hybridized carbons (Fsp3) is 0.130. The van der Waals surface area contributed by atoms with Crippen molar-refractivity contribution in [2.75, 3.05) is 6.61 Å². The molecular formula is C23H20O4. The number of ether oxygens (including phenoxy) is 2. The molecule has 0 atom stereocenters. The molecule has 4 rings (SSSR count). The fourth-order valence-corrected chi connectivity index (χ4v) is 3.28. The lowest BCUT2D eigenvalue weighted by Crippen LogP contribution is -2.05. The number of rotatable bonds is 6. The molecule has 1 aliphatic carbocycles. The molecule has 0 radical (unpaired) electrons. The van der Waals surface area contributed by atoms with E-state index in [1.54, 1.807) is 0 Å². The minimum absolute atomic E-state index is 0.174. The fourth-order valence-electron chi connectivity index (χ4n) is 3.28. The maximum atomic E-state index is 10.4. The van der Waals surface area contributed by atoms with Gasteiger partial charge in [-0.3, -0.25) is 9.59 Å². The Morgan fingerprint density at radius 2 is 1.19 bits per heavy atom. The van der Waals surface area contributed by atoms with Gasteiger partial charge in [-0.2, -0.15) is 0 Å². The maximum absolute atomic E-state index is 10.4. The van der Waals surface area contributed by atoms with Crippen molar-refractivity contribution in [3.8, 4) is 11.1 Å². The van der Waals surface area contributed by atoms with Crippen molar-refractivity contribution in [1.82, 2.24) is 0 Å². The first kappa shape index (κ1) is 18.4. The van der Waals surface area contributed by atoms with Crippen LogP contribution in [0.15, 0.2) is 78.9 Å². The lowest BCUT2D eigenvalue weighted by molar-refractivity contribution is -0.130. The van der Waals surface area contributed by atoms with Crippen LogP contribution < -0.4 is 0 Å². The Morgan fingerprint density at radius 1 is 0.667 bits per heavy atom. The Hall–Kier alpha value is -3.40. The van der Waals surface area contributed by atoms with Gasteiger partial charge >= 0.3 is 0 Å². The molecule has 0 fully saturated rings. The smallest absolute Gasteiger partial charge is 0.293 e. The molecule has 0 amide bonds. The van der Waals surface area contributed by atoms with E-state index in [1.807, 2.05) is 54.6 Å². The van der Waals surface area contributed by atoms with Crippen molar-refractivity contribution < 1.29 is 19.1 Å². The summed E-state index contributed by atoms with van der Waals surface area (Å²) in [7, 11) is 0. The summed E-state index contributed by atoms with van der Waals surface area (Å²) in [6.07, 6.45) is 0. The molecule has 0 saturated carbocycles. The highest BCUT2D eigenvalue weighted by Gasteiger charge is 2.28. The van der Waals surface area contributed by atoms with Gasteiger partial charge in [0, 0.05) is 5.92 Å². The van der Waals surface area contributed by atoms with Crippen LogP contribution in [-0.4, -0.2) is 19.6 Å². The first-order chi connectivity index (χ1) is 13.3. The number of carbonyl (C=O) groups excluding carboxylic acids is 2. The Morgan fingerprint density at radius 3 is 1.74 bits per heavy atom. The number of hydrogen-bond donors (Lipinski definition) is 0. The van der Waals surface area contributed by atoms with Gasteiger partial charge < -0.3 is 9.47 Å². The van der Waals surface area contributed by atoms with Crippen LogP contribution in [0.25, 0.3) is 11.1 Å². The molecule has 136 valence electrons. The van der Waals surface area contributed by atoms with E-state index in [4.69, 9.17) is 4.74 Å². The quantitative estimate of drug-likeness (QED) is 0.614. The molecule has 4 nitrogen and oxygen atoms in total. The topological polar surface area (TPSA) is 52.6 Å². The molecule has 3 aromatic rings. The Balaban J connectivity index is 0.000000180. The predicted octanol–water partition coefficient (Wildman–Crippen LogP) is 4.33. The van der Waals surface area contributed by atoms with E-state index in [0.717, 1.165) is 5.56 Å². The second kappa shape index (κ2) is 9.34. The molecule has 0 bridgehead atoms. The molecule has 1 aliphatic rings. The summed E-state index contributed by atoms with van der Waals surface area (Å²) in [5.41, 5.74) is 6.01. The van der Waals surface area contributed by atoms with E-state index >= 15 is 0 Å². The van der Waals surface area contributed by atoms with Crippen LogP contribution >= 0.6 is 0 Å².